The lowest BCUT2D eigenvalue weighted by Crippen LogP contribution is -2.49. The molecule has 0 aromatic heterocycles. The predicted octanol–water partition coefficient (Wildman–Crippen LogP) is 3.68. The largest absolute Gasteiger partial charge is 0.326 e. The maximum absolute atomic E-state index is 12.9. The molecule has 0 spiro atoms. The van der Waals surface area contributed by atoms with Crippen LogP contribution in [0.25, 0.3) is 21.5 Å². The van der Waals surface area contributed by atoms with Gasteiger partial charge in [0.2, 0.25) is 10.0 Å². The summed E-state index contributed by atoms with van der Waals surface area (Å²) in [6.07, 6.45) is 3.80. The van der Waals surface area contributed by atoms with Crippen molar-refractivity contribution < 1.29 is 8.42 Å². The molecule has 3 aromatic rings. The molecular weight excluding hydrogens is 344 g/mol. The Kier molecular flexibility index (Phi) is 4.69. The van der Waals surface area contributed by atoms with E-state index in [4.69, 9.17) is 5.73 Å². The molecule has 0 aliphatic heterocycles. The van der Waals surface area contributed by atoms with Crippen LogP contribution in [0.5, 0.6) is 0 Å². The van der Waals surface area contributed by atoms with Crippen LogP contribution in [-0.4, -0.2) is 20.5 Å². The van der Waals surface area contributed by atoms with Crippen LogP contribution < -0.4 is 10.5 Å². The van der Waals surface area contributed by atoms with E-state index in [-0.39, 0.29) is 17.8 Å². The van der Waals surface area contributed by atoms with Crippen LogP contribution in [-0.2, 0) is 15.8 Å². The fourth-order valence-electron chi connectivity index (χ4n) is 4.03. The highest BCUT2D eigenvalue weighted by Gasteiger charge is 2.27. The van der Waals surface area contributed by atoms with Gasteiger partial charge in [0.1, 0.15) is 0 Å². The summed E-state index contributed by atoms with van der Waals surface area (Å²) >= 11 is 0. The number of rotatable bonds is 4. The normalized spacial score (nSPS) is 21.3. The average molecular weight is 369 g/mol. The van der Waals surface area contributed by atoms with E-state index in [2.05, 4.69) is 10.8 Å². The first-order valence-corrected chi connectivity index (χ1v) is 10.8. The summed E-state index contributed by atoms with van der Waals surface area (Å²) < 4.78 is 28.7. The van der Waals surface area contributed by atoms with Crippen molar-refractivity contribution in [1.29, 1.82) is 0 Å². The van der Waals surface area contributed by atoms with Crippen molar-refractivity contribution in [1.82, 2.24) is 4.72 Å². The second-order valence-electron chi connectivity index (χ2n) is 7.23. The van der Waals surface area contributed by atoms with Gasteiger partial charge >= 0.3 is 0 Å². The monoisotopic (exact) mass is 368 g/mol. The first kappa shape index (κ1) is 17.5. The van der Waals surface area contributed by atoms with Gasteiger partial charge in [-0.1, -0.05) is 61.4 Å². The smallest absolute Gasteiger partial charge is 0.216 e. The molecule has 0 saturated heterocycles. The van der Waals surface area contributed by atoms with Crippen LogP contribution in [0.15, 0.2) is 54.6 Å². The Labute approximate surface area is 154 Å². The van der Waals surface area contributed by atoms with Crippen molar-refractivity contribution in [3.8, 4) is 0 Å². The second-order valence-corrected chi connectivity index (χ2v) is 8.98. The number of hydrogen-bond donors (Lipinski definition) is 2. The molecule has 0 bridgehead atoms. The SMILES string of the molecule is NC1CCCCC1NS(=O)(=O)Cc1c2ccccc2cc2ccccc12. The van der Waals surface area contributed by atoms with Gasteiger partial charge in [0, 0.05) is 12.1 Å². The molecule has 136 valence electrons. The zero-order chi connectivity index (χ0) is 18.1. The van der Waals surface area contributed by atoms with Crippen molar-refractivity contribution in [2.24, 2.45) is 5.73 Å². The number of sulfonamides is 1. The molecule has 0 heterocycles. The predicted molar refractivity (Wildman–Crippen MR) is 107 cm³/mol. The van der Waals surface area contributed by atoms with Gasteiger partial charge < -0.3 is 5.73 Å². The topological polar surface area (TPSA) is 72.2 Å². The minimum Gasteiger partial charge on any atom is -0.326 e. The summed E-state index contributed by atoms with van der Waals surface area (Å²) in [6.45, 7) is 0. The molecule has 1 fully saturated rings. The molecular formula is C21H24N2O2S. The second kappa shape index (κ2) is 6.99. The van der Waals surface area contributed by atoms with E-state index in [1.807, 2.05) is 48.5 Å². The molecule has 26 heavy (non-hydrogen) atoms. The van der Waals surface area contributed by atoms with E-state index in [1.54, 1.807) is 0 Å². The highest BCUT2D eigenvalue weighted by atomic mass is 32.2. The van der Waals surface area contributed by atoms with Gasteiger partial charge in [-0.2, -0.15) is 0 Å². The molecule has 5 heteroatoms. The number of nitrogens with one attached hydrogen (secondary N) is 1. The van der Waals surface area contributed by atoms with Crippen molar-refractivity contribution >= 4 is 31.6 Å². The molecule has 3 N–H and O–H groups in total. The molecule has 0 radical (unpaired) electrons. The fourth-order valence-corrected chi connectivity index (χ4v) is 5.56. The Morgan fingerprint density at radius 3 is 2.12 bits per heavy atom. The summed E-state index contributed by atoms with van der Waals surface area (Å²) in [5.41, 5.74) is 6.99. The maximum atomic E-state index is 12.9. The van der Waals surface area contributed by atoms with Crippen molar-refractivity contribution in [3.05, 3.63) is 60.2 Å². The lowest BCUT2D eigenvalue weighted by molar-refractivity contribution is 0.361. The van der Waals surface area contributed by atoms with Gasteiger partial charge in [-0.15, -0.1) is 0 Å². The van der Waals surface area contributed by atoms with Gasteiger partial charge in [-0.25, -0.2) is 13.1 Å². The van der Waals surface area contributed by atoms with Crippen LogP contribution in [0.1, 0.15) is 31.2 Å². The standard InChI is InChI=1S/C21H24N2O2S/c22-20-11-5-6-12-21(20)23-26(24,25)14-19-17-9-3-1-7-15(17)13-16-8-2-4-10-18(16)19/h1-4,7-10,13,20-21,23H,5-6,11-12,14,22H2. The molecule has 2 atom stereocenters. The molecule has 1 aliphatic carbocycles. The number of hydrogen-bond acceptors (Lipinski definition) is 3. The third-order valence-corrected chi connectivity index (χ3v) is 6.70. The number of benzene rings is 3. The molecule has 3 aromatic carbocycles. The van der Waals surface area contributed by atoms with E-state index < -0.39 is 10.0 Å². The Morgan fingerprint density at radius 1 is 0.923 bits per heavy atom. The lowest BCUT2D eigenvalue weighted by atomic mass is 9.92. The summed E-state index contributed by atoms with van der Waals surface area (Å²) in [5.74, 6) is -0.0297. The Balaban J connectivity index is 1.75. The fraction of sp³-hybridized carbons (Fsp3) is 0.333. The zero-order valence-corrected chi connectivity index (χ0v) is 15.5. The number of fused-ring (bicyclic) bond motifs is 2. The molecule has 4 nitrogen and oxygen atoms in total. The van der Waals surface area contributed by atoms with Crippen LogP contribution >= 0.6 is 0 Å². The molecule has 2 unspecified atom stereocenters. The van der Waals surface area contributed by atoms with Crippen molar-refractivity contribution in [2.45, 2.75) is 43.5 Å². The minimum atomic E-state index is -3.48. The Hall–Kier alpha value is -1.95. The summed E-state index contributed by atoms with van der Waals surface area (Å²) in [7, 11) is -3.48. The van der Waals surface area contributed by atoms with Gasteiger partial charge in [0.15, 0.2) is 0 Å². The van der Waals surface area contributed by atoms with E-state index in [9.17, 15) is 8.42 Å². The zero-order valence-electron chi connectivity index (χ0n) is 14.7. The van der Waals surface area contributed by atoms with Gasteiger partial charge in [0.25, 0.3) is 0 Å². The van der Waals surface area contributed by atoms with Crippen LogP contribution in [0.3, 0.4) is 0 Å². The van der Waals surface area contributed by atoms with Gasteiger partial charge in [-0.3, -0.25) is 0 Å². The maximum Gasteiger partial charge on any atom is 0.216 e. The molecule has 0 amide bonds. The van der Waals surface area contributed by atoms with Crippen molar-refractivity contribution in [3.63, 3.8) is 0 Å². The first-order valence-electron chi connectivity index (χ1n) is 9.18. The minimum absolute atomic E-state index is 0.0297. The van der Waals surface area contributed by atoms with Crippen LogP contribution in [0.4, 0.5) is 0 Å². The van der Waals surface area contributed by atoms with E-state index in [0.717, 1.165) is 52.8 Å². The summed E-state index contributed by atoms with van der Waals surface area (Å²) in [6, 6.07) is 17.8. The van der Waals surface area contributed by atoms with E-state index in [1.165, 1.54) is 0 Å². The molecule has 1 aliphatic rings. The van der Waals surface area contributed by atoms with Crippen LogP contribution in [0.2, 0.25) is 0 Å². The number of nitrogens with two attached hydrogens (primary N) is 1. The lowest BCUT2D eigenvalue weighted by Gasteiger charge is -2.29. The summed E-state index contributed by atoms with van der Waals surface area (Å²) in [4.78, 5) is 0. The molecule has 4 rings (SSSR count). The average Bonchev–Trinajstić information content (AvgIpc) is 2.63. The van der Waals surface area contributed by atoms with Crippen LogP contribution in [0, 0.1) is 0 Å². The quantitative estimate of drug-likeness (QED) is 0.690. The third kappa shape index (κ3) is 3.47. The third-order valence-electron chi connectivity index (χ3n) is 5.37. The first-order chi connectivity index (χ1) is 12.5. The highest BCUT2D eigenvalue weighted by molar-refractivity contribution is 7.88. The van der Waals surface area contributed by atoms with E-state index in [0.29, 0.717) is 0 Å². The van der Waals surface area contributed by atoms with Crippen molar-refractivity contribution in [2.75, 3.05) is 0 Å². The molecule has 1 saturated carbocycles. The van der Waals surface area contributed by atoms with E-state index >= 15 is 0 Å². The van der Waals surface area contributed by atoms with Gasteiger partial charge in [0.05, 0.1) is 5.75 Å². The summed E-state index contributed by atoms with van der Waals surface area (Å²) in [5, 5.41) is 4.10. The highest BCUT2D eigenvalue weighted by Crippen LogP contribution is 2.30. The van der Waals surface area contributed by atoms with Gasteiger partial charge in [-0.05, 0) is 46.0 Å². The Bertz CT molecular complexity index is 992. The Morgan fingerprint density at radius 2 is 1.50 bits per heavy atom.